The van der Waals surface area contributed by atoms with Crippen LogP contribution in [0.25, 0.3) is 11.4 Å². The Labute approximate surface area is 98.3 Å². The van der Waals surface area contributed by atoms with Gasteiger partial charge in [-0.05, 0) is 0 Å². The van der Waals surface area contributed by atoms with Crippen molar-refractivity contribution in [3.63, 3.8) is 0 Å². The van der Waals surface area contributed by atoms with Gasteiger partial charge in [0.15, 0.2) is 0 Å². The normalized spacial score (nSPS) is 11.6. The van der Waals surface area contributed by atoms with Crippen LogP contribution in [0.4, 0.5) is 5.82 Å². The van der Waals surface area contributed by atoms with Crippen molar-refractivity contribution in [3.8, 4) is 11.4 Å². The maximum atomic E-state index is 11.4. The Morgan fingerprint density at radius 2 is 2.00 bits per heavy atom. The molecule has 0 aliphatic heterocycles. The lowest BCUT2D eigenvalue weighted by molar-refractivity contribution is 0.593. The van der Waals surface area contributed by atoms with E-state index >= 15 is 0 Å². The van der Waals surface area contributed by atoms with Crippen molar-refractivity contribution in [1.82, 2.24) is 19.5 Å². The zero-order chi connectivity index (χ0) is 12.6. The minimum atomic E-state index is -3.49. The van der Waals surface area contributed by atoms with Gasteiger partial charge in [-0.2, -0.15) is 0 Å². The molecule has 0 aliphatic carbocycles. The molecule has 0 aliphatic rings. The molecule has 0 spiro atoms. The SMILES string of the molecule is Cn1cnc(-c2cc(N)nc(S(C)(=O)=O)n2)c1. The molecular formula is C9H11N5O2S. The highest BCUT2D eigenvalue weighted by molar-refractivity contribution is 7.90. The van der Waals surface area contributed by atoms with Crippen LogP contribution in [-0.2, 0) is 16.9 Å². The minimum absolute atomic E-state index is 0.0982. The monoisotopic (exact) mass is 253 g/mol. The van der Waals surface area contributed by atoms with Crippen LogP contribution in [0.3, 0.4) is 0 Å². The lowest BCUT2D eigenvalue weighted by atomic mass is 10.3. The smallest absolute Gasteiger partial charge is 0.249 e. The Morgan fingerprint density at radius 3 is 2.53 bits per heavy atom. The number of nitrogens with two attached hydrogens (primary N) is 1. The fourth-order valence-corrected chi connectivity index (χ4v) is 1.82. The van der Waals surface area contributed by atoms with Gasteiger partial charge in [0.1, 0.15) is 11.5 Å². The Balaban J connectivity index is 2.60. The molecular weight excluding hydrogens is 242 g/mol. The summed E-state index contributed by atoms with van der Waals surface area (Å²) in [5.41, 5.74) is 6.49. The number of anilines is 1. The first-order valence-corrected chi connectivity index (χ1v) is 6.58. The number of hydrogen-bond acceptors (Lipinski definition) is 6. The molecule has 0 atom stereocenters. The molecule has 0 fully saturated rings. The second kappa shape index (κ2) is 3.81. The first kappa shape index (κ1) is 11.5. The molecule has 2 N–H and O–H groups in total. The van der Waals surface area contributed by atoms with Crippen LogP contribution < -0.4 is 5.73 Å². The second-order valence-electron chi connectivity index (χ2n) is 3.66. The molecule has 2 heterocycles. The van der Waals surface area contributed by atoms with Crippen LogP contribution in [-0.4, -0.2) is 34.2 Å². The van der Waals surface area contributed by atoms with E-state index in [2.05, 4.69) is 15.0 Å². The van der Waals surface area contributed by atoms with E-state index in [1.165, 1.54) is 6.07 Å². The van der Waals surface area contributed by atoms with Crippen LogP contribution >= 0.6 is 0 Å². The van der Waals surface area contributed by atoms with Crippen LogP contribution in [0.15, 0.2) is 23.7 Å². The van der Waals surface area contributed by atoms with Crippen LogP contribution in [0, 0.1) is 0 Å². The van der Waals surface area contributed by atoms with E-state index in [9.17, 15) is 8.42 Å². The summed E-state index contributed by atoms with van der Waals surface area (Å²) in [5, 5.41) is -0.293. The minimum Gasteiger partial charge on any atom is -0.384 e. The van der Waals surface area contributed by atoms with Gasteiger partial charge < -0.3 is 10.3 Å². The average molecular weight is 253 g/mol. The van der Waals surface area contributed by atoms with Crippen molar-refractivity contribution in [1.29, 1.82) is 0 Å². The molecule has 0 unspecified atom stereocenters. The highest BCUT2D eigenvalue weighted by Gasteiger charge is 2.15. The highest BCUT2D eigenvalue weighted by atomic mass is 32.2. The van der Waals surface area contributed by atoms with Gasteiger partial charge in [-0.15, -0.1) is 0 Å². The summed E-state index contributed by atoms with van der Waals surface area (Å²) in [6, 6.07) is 1.48. The summed E-state index contributed by atoms with van der Waals surface area (Å²) in [6.45, 7) is 0. The fourth-order valence-electron chi connectivity index (χ4n) is 1.29. The molecule has 0 radical (unpaired) electrons. The largest absolute Gasteiger partial charge is 0.384 e. The molecule has 0 amide bonds. The number of nitrogen functional groups attached to an aromatic ring is 1. The van der Waals surface area contributed by atoms with Crippen LogP contribution in [0.1, 0.15) is 0 Å². The Morgan fingerprint density at radius 1 is 1.29 bits per heavy atom. The number of hydrogen-bond donors (Lipinski definition) is 1. The predicted molar refractivity (Wildman–Crippen MR) is 61.8 cm³/mol. The van der Waals surface area contributed by atoms with E-state index in [4.69, 9.17) is 5.73 Å². The van der Waals surface area contributed by atoms with Crippen LogP contribution in [0.5, 0.6) is 0 Å². The van der Waals surface area contributed by atoms with Crippen molar-refractivity contribution >= 4 is 15.7 Å². The number of sulfone groups is 1. The first-order valence-electron chi connectivity index (χ1n) is 4.69. The number of nitrogens with zero attached hydrogens (tertiary/aromatic N) is 4. The molecule has 0 bridgehead atoms. The maximum absolute atomic E-state index is 11.4. The Kier molecular flexibility index (Phi) is 2.58. The summed E-state index contributed by atoms with van der Waals surface area (Å²) in [6.07, 6.45) is 4.34. The third-order valence-electron chi connectivity index (χ3n) is 2.02. The van der Waals surface area contributed by atoms with E-state index < -0.39 is 9.84 Å². The Bertz CT molecular complexity index is 662. The van der Waals surface area contributed by atoms with Gasteiger partial charge in [0.25, 0.3) is 0 Å². The third-order valence-corrected chi connectivity index (χ3v) is 2.87. The van der Waals surface area contributed by atoms with Gasteiger partial charge in [0.2, 0.25) is 15.0 Å². The lowest BCUT2D eigenvalue weighted by Crippen LogP contribution is -2.07. The summed E-state index contributed by atoms with van der Waals surface area (Å²) in [7, 11) is -1.68. The molecule has 17 heavy (non-hydrogen) atoms. The topological polar surface area (TPSA) is 104 Å². The van der Waals surface area contributed by atoms with Crippen LogP contribution in [0.2, 0.25) is 0 Å². The van der Waals surface area contributed by atoms with E-state index in [1.54, 1.807) is 24.1 Å². The van der Waals surface area contributed by atoms with E-state index in [-0.39, 0.29) is 11.0 Å². The summed E-state index contributed by atoms with van der Waals surface area (Å²) < 4.78 is 24.5. The molecule has 0 saturated carbocycles. The average Bonchev–Trinajstić information content (AvgIpc) is 2.62. The first-order chi connectivity index (χ1) is 7.86. The quantitative estimate of drug-likeness (QED) is 0.747. The molecule has 7 nitrogen and oxygen atoms in total. The van der Waals surface area contributed by atoms with Gasteiger partial charge in [0, 0.05) is 25.6 Å². The number of imidazole rings is 1. The van der Waals surface area contributed by atoms with Gasteiger partial charge in [0.05, 0.1) is 12.0 Å². The summed E-state index contributed by atoms with van der Waals surface area (Å²) in [5.74, 6) is 0.0982. The lowest BCUT2D eigenvalue weighted by Gasteiger charge is -2.01. The summed E-state index contributed by atoms with van der Waals surface area (Å²) in [4.78, 5) is 11.7. The second-order valence-corrected chi connectivity index (χ2v) is 5.57. The van der Waals surface area contributed by atoms with Gasteiger partial charge in [-0.25, -0.2) is 23.4 Å². The molecule has 8 heteroatoms. The van der Waals surface area contributed by atoms with Crippen molar-refractivity contribution in [2.45, 2.75) is 5.16 Å². The maximum Gasteiger partial charge on any atom is 0.249 e. The molecule has 2 aromatic heterocycles. The van der Waals surface area contributed by atoms with Crippen molar-refractivity contribution in [2.24, 2.45) is 7.05 Å². The summed E-state index contributed by atoms with van der Waals surface area (Å²) >= 11 is 0. The number of rotatable bonds is 2. The molecule has 2 aromatic rings. The van der Waals surface area contributed by atoms with Crippen molar-refractivity contribution in [2.75, 3.05) is 12.0 Å². The number of aryl methyl sites for hydroxylation is 1. The predicted octanol–water partition coefficient (Wildman–Crippen LogP) is -0.137. The van der Waals surface area contributed by atoms with Crippen molar-refractivity contribution < 1.29 is 8.42 Å². The molecule has 2 rings (SSSR count). The van der Waals surface area contributed by atoms with E-state index in [1.807, 2.05) is 0 Å². The Hall–Kier alpha value is -1.96. The number of aromatic nitrogens is 4. The van der Waals surface area contributed by atoms with Gasteiger partial charge in [-0.1, -0.05) is 0 Å². The van der Waals surface area contributed by atoms with E-state index in [0.717, 1.165) is 6.26 Å². The zero-order valence-corrected chi connectivity index (χ0v) is 10.1. The highest BCUT2D eigenvalue weighted by Crippen LogP contribution is 2.17. The molecule has 90 valence electrons. The molecule has 0 aromatic carbocycles. The van der Waals surface area contributed by atoms with Crippen molar-refractivity contribution in [3.05, 3.63) is 18.6 Å². The van der Waals surface area contributed by atoms with E-state index in [0.29, 0.717) is 11.4 Å². The zero-order valence-electron chi connectivity index (χ0n) is 9.32. The fraction of sp³-hybridized carbons (Fsp3) is 0.222. The molecule has 0 saturated heterocycles. The van der Waals surface area contributed by atoms with Gasteiger partial charge in [-0.3, -0.25) is 0 Å². The third kappa shape index (κ3) is 2.41. The standard InChI is InChI=1S/C9H11N5O2S/c1-14-4-7(11-5-14)6-3-8(10)13-9(12-6)17(2,15)16/h3-5H,1-2H3,(H2,10,12,13). The van der Waals surface area contributed by atoms with Gasteiger partial charge >= 0.3 is 0 Å².